The van der Waals surface area contributed by atoms with Crippen molar-refractivity contribution in [1.82, 2.24) is 10.1 Å². The molecule has 2 saturated heterocycles. The lowest BCUT2D eigenvalue weighted by atomic mass is 9.72. The van der Waals surface area contributed by atoms with Crippen molar-refractivity contribution in [3.8, 4) is 22.3 Å². The largest absolute Gasteiger partial charge is 0.444 e. The number of alkyl carbamates (subject to hydrolysis) is 1. The normalized spacial score (nSPS) is 17.6. The highest BCUT2D eigenvalue weighted by Gasteiger charge is 2.47. The molecule has 0 spiro atoms. The molecule has 4 aromatic carbocycles. The number of esters is 2. The van der Waals surface area contributed by atoms with Crippen molar-refractivity contribution in [3.63, 3.8) is 0 Å². The van der Waals surface area contributed by atoms with Gasteiger partial charge in [0, 0.05) is 43.2 Å². The molecule has 0 unspecified atom stereocenters. The van der Waals surface area contributed by atoms with Crippen LogP contribution in [0.4, 0.5) is 4.79 Å². The van der Waals surface area contributed by atoms with E-state index in [4.69, 9.17) is 14.2 Å². The Bertz CT molecular complexity index is 2060. The average Bonchev–Trinajstić information content (AvgIpc) is 3.58. The van der Waals surface area contributed by atoms with Gasteiger partial charge in [-0.05, 0) is 73.8 Å². The third-order valence-electron chi connectivity index (χ3n) is 11.3. The second-order valence-electron chi connectivity index (χ2n) is 18.0. The summed E-state index contributed by atoms with van der Waals surface area (Å²) in [6.45, 7) is 18.2. The van der Waals surface area contributed by atoms with Gasteiger partial charge in [-0.25, -0.2) is 4.79 Å². The quantitative estimate of drug-likeness (QED) is 0.0923. The van der Waals surface area contributed by atoms with Crippen molar-refractivity contribution in [1.29, 1.82) is 0 Å². The molecule has 0 bridgehead atoms. The molecule has 2 heterocycles. The molecule has 0 saturated carbocycles. The molecule has 0 radical (unpaired) electrons. The number of rotatable bonds is 10. The number of hydrogen-bond acceptors (Lipinski definition) is 8. The Morgan fingerprint density at radius 3 is 1.64 bits per heavy atom. The highest BCUT2D eigenvalue weighted by Crippen LogP contribution is 2.39. The first-order valence-corrected chi connectivity index (χ1v) is 20.4. The van der Waals surface area contributed by atoms with Crippen LogP contribution < -0.4 is 5.32 Å². The van der Waals surface area contributed by atoms with Crippen molar-refractivity contribution in [2.45, 2.75) is 123 Å². The maximum atomic E-state index is 12.7. The first kappa shape index (κ1) is 44.7. The lowest BCUT2D eigenvalue weighted by Gasteiger charge is -2.39. The Hall–Kier alpha value is -5.42. The smallest absolute Gasteiger partial charge is 0.412 e. The summed E-state index contributed by atoms with van der Waals surface area (Å²) in [6.07, 6.45) is 0.674. The van der Waals surface area contributed by atoms with E-state index in [9.17, 15) is 24.2 Å². The molecule has 0 aromatic heterocycles. The minimum absolute atomic E-state index is 0.000423. The molecule has 2 aliphatic rings. The van der Waals surface area contributed by atoms with Crippen molar-refractivity contribution in [2.75, 3.05) is 0 Å². The van der Waals surface area contributed by atoms with Gasteiger partial charge in [0.15, 0.2) is 5.92 Å². The van der Waals surface area contributed by atoms with Crippen LogP contribution in [0.15, 0.2) is 109 Å². The van der Waals surface area contributed by atoms with Crippen LogP contribution in [0.2, 0.25) is 6.82 Å². The monoisotopic (exact) mass is 802 g/mol. The van der Waals surface area contributed by atoms with Gasteiger partial charge >= 0.3 is 25.1 Å². The molecule has 0 aliphatic carbocycles. The van der Waals surface area contributed by atoms with Crippen LogP contribution in [0, 0.1) is 5.92 Å². The summed E-state index contributed by atoms with van der Waals surface area (Å²) in [6, 6.07) is 36.3. The fraction of sp³-hybridized carbons (Fsp3) is 0.417. The molecule has 11 heteroatoms. The van der Waals surface area contributed by atoms with E-state index in [1.807, 2.05) is 86.6 Å². The molecule has 6 rings (SSSR count). The van der Waals surface area contributed by atoms with Gasteiger partial charge in [-0.2, -0.15) is 0 Å². The summed E-state index contributed by atoms with van der Waals surface area (Å²) in [7, 11) is -0.743. The molecule has 2 atom stereocenters. The lowest BCUT2D eigenvalue weighted by molar-refractivity contribution is -0.240. The molecule has 2 amide bonds. The van der Waals surface area contributed by atoms with Gasteiger partial charge in [0.2, 0.25) is 5.91 Å². The van der Waals surface area contributed by atoms with E-state index in [0.717, 1.165) is 23.1 Å². The van der Waals surface area contributed by atoms with Crippen LogP contribution in [-0.2, 0) is 39.4 Å². The van der Waals surface area contributed by atoms with E-state index in [1.165, 1.54) is 30.5 Å². The van der Waals surface area contributed by atoms with Crippen molar-refractivity contribution >= 4 is 31.0 Å². The number of carbonyl (C=O) groups is 4. The summed E-state index contributed by atoms with van der Waals surface area (Å²) < 4.78 is 16.1. The predicted molar refractivity (Wildman–Crippen MR) is 231 cm³/mol. The predicted octanol–water partition coefficient (Wildman–Crippen LogP) is 9.10. The molecule has 59 heavy (non-hydrogen) atoms. The van der Waals surface area contributed by atoms with E-state index in [2.05, 4.69) is 55.6 Å². The Morgan fingerprint density at radius 2 is 1.20 bits per heavy atom. The topological polar surface area (TPSA) is 131 Å². The van der Waals surface area contributed by atoms with Gasteiger partial charge in [-0.15, -0.1) is 0 Å². The van der Waals surface area contributed by atoms with Gasteiger partial charge in [-0.1, -0.05) is 137 Å². The van der Waals surface area contributed by atoms with E-state index in [0.29, 0.717) is 6.42 Å². The second kappa shape index (κ2) is 17.8. The van der Waals surface area contributed by atoms with Crippen molar-refractivity contribution < 1.29 is 38.4 Å². The van der Waals surface area contributed by atoms with Crippen LogP contribution >= 0.6 is 0 Å². The molecule has 312 valence electrons. The van der Waals surface area contributed by atoms with Crippen LogP contribution in [0.3, 0.4) is 0 Å². The van der Waals surface area contributed by atoms with E-state index in [1.54, 1.807) is 32.4 Å². The molecule has 4 aromatic rings. The fourth-order valence-electron chi connectivity index (χ4n) is 7.87. The average molecular weight is 803 g/mol. The van der Waals surface area contributed by atoms with Crippen LogP contribution in [-0.4, -0.2) is 64.3 Å². The fourth-order valence-corrected chi connectivity index (χ4v) is 7.87. The van der Waals surface area contributed by atoms with Crippen LogP contribution in [0.5, 0.6) is 0 Å². The number of nitrogens with one attached hydrogen (secondary N) is 1. The molecule has 10 nitrogen and oxygen atoms in total. The molecule has 2 aliphatic heterocycles. The second-order valence-corrected chi connectivity index (χ2v) is 18.0. The van der Waals surface area contributed by atoms with Crippen LogP contribution in [0.25, 0.3) is 22.3 Å². The maximum absolute atomic E-state index is 12.7. The zero-order valence-electron chi connectivity index (χ0n) is 36.1. The number of cyclic esters (lactones) is 2. The summed E-state index contributed by atoms with van der Waals surface area (Å²) >= 11 is 0. The van der Waals surface area contributed by atoms with Crippen molar-refractivity contribution in [3.05, 3.63) is 120 Å². The molecule has 2 N–H and O–H groups in total. The number of hydrogen-bond donors (Lipinski definition) is 2. The summed E-state index contributed by atoms with van der Waals surface area (Å²) in [4.78, 5) is 51.8. The number of benzene rings is 4. The van der Waals surface area contributed by atoms with E-state index >= 15 is 0 Å². The molecular weight excluding hydrogens is 743 g/mol. The minimum Gasteiger partial charge on any atom is -0.444 e. The molecule has 2 fully saturated rings. The van der Waals surface area contributed by atoms with Gasteiger partial charge in [0.1, 0.15) is 5.60 Å². The molecular formula is C48H59BN2O8. The van der Waals surface area contributed by atoms with Gasteiger partial charge < -0.3 is 29.4 Å². The van der Waals surface area contributed by atoms with E-state index < -0.39 is 53.8 Å². The highest BCUT2D eigenvalue weighted by atomic mass is 16.7. The Morgan fingerprint density at radius 1 is 0.763 bits per heavy atom. The summed E-state index contributed by atoms with van der Waals surface area (Å²) in [5.74, 6) is -3.77. The Labute approximate surface area is 349 Å². The third kappa shape index (κ3) is 11.0. The number of carbonyl (C=O) groups excluding carboxylic acids is 4. The standard InChI is InChI=1S/C28H35NO6.C20H24BNO2/c1-26(2,3)35-25(32)29-22(17-21-23(30)33-28(6,7)34-24(21)31)27(4,5)20-15-13-19(14-16-20)18-11-9-8-10-12-18;1-20(2,18-13-14-19(23)22(18)21(3)24)17-11-9-16(10-12-17)15-7-5-4-6-8-15/h8-16,21-22H,17H2,1-7H3,(H,29,32);4-12,18,24H,13-14H2,1-3H3/t22-;18-/m00/s1. The van der Waals surface area contributed by atoms with Gasteiger partial charge in [0.25, 0.3) is 5.79 Å². The van der Waals surface area contributed by atoms with Gasteiger partial charge in [-0.3, -0.25) is 14.4 Å². The minimum atomic E-state index is -1.32. The first-order chi connectivity index (χ1) is 27.6. The number of amides is 2. The first-order valence-electron chi connectivity index (χ1n) is 20.4. The summed E-state index contributed by atoms with van der Waals surface area (Å²) in [5, 5.41) is 12.9. The summed E-state index contributed by atoms with van der Waals surface area (Å²) in [5.41, 5.74) is 5.07. The lowest BCUT2D eigenvalue weighted by Crippen LogP contribution is -2.53. The zero-order valence-corrected chi connectivity index (χ0v) is 36.1. The van der Waals surface area contributed by atoms with Crippen LogP contribution in [0.1, 0.15) is 92.7 Å². The Balaban J connectivity index is 0.000000240. The third-order valence-corrected chi connectivity index (χ3v) is 11.3. The highest BCUT2D eigenvalue weighted by molar-refractivity contribution is 6.49. The Kier molecular flexibility index (Phi) is 13.5. The maximum Gasteiger partial charge on any atom is 0.412 e. The number of ether oxygens (including phenoxy) is 3. The van der Waals surface area contributed by atoms with Gasteiger partial charge in [0.05, 0.1) is 0 Å². The number of nitrogens with zero attached hydrogens (tertiary/aromatic N) is 1. The van der Waals surface area contributed by atoms with E-state index in [-0.39, 0.29) is 23.8 Å². The SMILES string of the molecule is CB(O)N1C(=O)CC[C@H]1C(C)(C)c1ccc(-c2ccccc2)cc1.CC(C)(C)OC(=O)N[C@@H](CC1C(=O)OC(C)(C)OC1=O)C(C)(C)c1ccc(-c2ccccc2)cc1. The zero-order chi connectivity index (χ0) is 43.3. The van der Waals surface area contributed by atoms with Crippen molar-refractivity contribution in [2.24, 2.45) is 5.92 Å².